The van der Waals surface area contributed by atoms with Gasteiger partial charge in [-0.3, -0.25) is 9.59 Å². The van der Waals surface area contributed by atoms with Crippen molar-refractivity contribution in [1.82, 2.24) is 10.6 Å². The minimum Gasteiger partial charge on any atom is -0.354 e. The number of hydrogen-bond donors (Lipinski definition) is 2. The summed E-state index contributed by atoms with van der Waals surface area (Å²) < 4.78 is 0.931. The van der Waals surface area contributed by atoms with Crippen molar-refractivity contribution in [2.75, 3.05) is 6.54 Å². The third-order valence-electron chi connectivity index (χ3n) is 4.16. The van der Waals surface area contributed by atoms with E-state index in [1.807, 2.05) is 31.2 Å². The van der Waals surface area contributed by atoms with Crippen molar-refractivity contribution in [1.29, 1.82) is 0 Å². The number of rotatable bonds is 5. The Labute approximate surface area is 145 Å². The second kappa shape index (κ2) is 8.29. The fraction of sp³-hybridized carbons (Fsp3) is 0.444. The van der Waals surface area contributed by atoms with Crippen LogP contribution in [0.4, 0.5) is 0 Å². The zero-order chi connectivity index (χ0) is 16.7. The van der Waals surface area contributed by atoms with Gasteiger partial charge in [0.25, 0.3) is 0 Å². The predicted molar refractivity (Wildman–Crippen MR) is 95.8 cm³/mol. The van der Waals surface area contributed by atoms with Gasteiger partial charge in [-0.05, 0) is 37.5 Å². The van der Waals surface area contributed by atoms with E-state index in [9.17, 15) is 9.59 Å². The van der Waals surface area contributed by atoms with Crippen LogP contribution in [0.1, 0.15) is 44.6 Å². The van der Waals surface area contributed by atoms with Crippen LogP contribution in [0, 0.1) is 0 Å². The summed E-state index contributed by atoms with van der Waals surface area (Å²) in [6, 6.07) is 7.69. The highest BCUT2D eigenvalue weighted by Gasteiger charge is 2.40. The molecule has 1 aliphatic rings. The molecule has 0 radical (unpaired) electrons. The maximum Gasteiger partial charge on any atom is 0.245 e. The van der Waals surface area contributed by atoms with Crippen molar-refractivity contribution in [3.8, 4) is 0 Å². The summed E-state index contributed by atoms with van der Waals surface area (Å²) >= 11 is 3.45. The van der Waals surface area contributed by atoms with Gasteiger partial charge in [0.1, 0.15) is 5.54 Å². The van der Waals surface area contributed by atoms with E-state index in [4.69, 9.17) is 0 Å². The number of halogens is 1. The molecule has 0 saturated heterocycles. The van der Waals surface area contributed by atoms with E-state index in [1.54, 1.807) is 6.08 Å². The van der Waals surface area contributed by atoms with Gasteiger partial charge in [-0.15, -0.1) is 0 Å². The van der Waals surface area contributed by atoms with Gasteiger partial charge in [-0.1, -0.05) is 53.4 Å². The van der Waals surface area contributed by atoms with Gasteiger partial charge in [0.05, 0.1) is 0 Å². The average Bonchev–Trinajstić information content (AvgIpc) is 2.55. The van der Waals surface area contributed by atoms with Crippen LogP contribution in [0.3, 0.4) is 0 Å². The van der Waals surface area contributed by atoms with E-state index in [-0.39, 0.29) is 11.8 Å². The van der Waals surface area contributed by atoms with Gasteiger partial charge < -0.3 is 10.6 Å². The smallest absolute Gasteiger partial charge is 0.245 e. The summed E-state index contributed by atoms with van der Waals surface area (Å²) in [5.41, 5.74) is 0.169. The van der Waals surface area contributed by atoms with Crippen LogP contribution in [-0.2, 0) is 9.59 Å². The molecule has 0 spiro atoms. The fourth-order valence-corrected chi connectivity index (χ4v) is 3.36. The first kappa shape index (κ1) is 17.7. The second-order valence-electron chi connectivity index (χ2n) is 5.85. The first-order valence-corrected chi connectivity index (χ1v) is 8.90. The van der Waals surface area contributed by atoms with Gasteiger partial charge in [0, 0.05) is 17.1 Å². The van der Waals surface area contributed by atoms with Crippen LogP contribution in [-0.4, -0.2) is 23.9 Å². The first-order chi connectivity index (χ1) is 11.1. The van der Waals surface area contributed by atoms with Crippen molar-refractivity contribution >= 4 is 33.8 Å². The van der Waals surface area contributed by atoms with E-state index in [0.717, 1.165) is 29.3 Å². The number of carbonyl (C=O) groups excluding carboxylic acids is 2. The summed E-state index contributed by atoms with van der Waals surface area (Å²) in [5.74, 6) is -0.295. The van der Waals surface area contributed by atoms with Crippen LogP contribution >= 0.6 is 15.9 Å². The van der Waals surface area contributed by atoms with E-state index in [2.05, 4.69) is 26.6 Å². The number of carbonyl (C=O) groups is 2. The number of amides is 2. The maximum absolute atomic E-state index is 12.4. The van der Waals surface area contributed by atoms with E-state index < -0.39 is 5.54 Å². The van der Waals surface area contributed by atoms with Gasteiger partial charge in [-0.2, -0.15) is 0 Å². The van der Waals surface area contributed by atoms with Crippen LogP contribution in [0.5, 0.6) is 0 Å². The second-order valence-corrected chi connectivity index (χ2v) is 6.70. The van der Waals surface area contributed by atoms with Gasteiger partial charge in [0.2, 0.25) is 11.8 Å². The highest BCUT2D eigenvalue weighted by molar-refractivity contribution is 9.10. The summed E-state index contributed by atoms with van der Waals surface area (Å²) in [6.07, 6.45) is 7.70. The monoisotopic (exact) mass is 378 g/mol. The molecule has 0 bridgehead atoms. The van der Waals surface area contributed by atoms with Crippen LogP contribution < -0.4 is 10.6 Å². The van der Waals surface area contributed by atoms with Gasteiger partial charge in [-0.25, -0.2) is 0 Å². The Morgan fingerprint density at radius 2 is 1.91 bits per heavy atom. The Morgan fingerprint density at radius 3 is 2.57 bits per heavy atom. The molecular weight excluding hydrogens is 356 g/mol. The van der Waals surface area contributed by atoms with Crippen molar-refractivity contribution in [2.24, 2.45) is 0 Å². The highest BCUT2D eigenvalue weighted by Crippen LogP contribution is 2.28. The summed E-state index contributed by atoms with van der Waals surface area (Å²) in [7, 11) is 0. The van der Waals surface area contributed by atoms with E-state index >= 15 is 0 Å². The molecule has 0 aliphatic heterocycles. The molecule has 2 amide bonds. The zero-order valence-corrected chi connectivity index (χ0v) is 15.0. The molecule has 23 heavy (non-hydrogen) atoms. The number of benzene rings is 1. The summed E-state index contributed by atoms with van der Waals surface area (Å²) in [4.78, 5) is 24.7. The van der Waals surface area contributed by atoms with Crippen LogP contribution in [0.25, 0.3) is 6.08 Å². The van der Waals surface area contributed by atoms with E-state index in [0.29, 0.717) is 19.4 Å². The zero-order valence-electron chi connectivity index (χ0n) is 13.4. The lowest BCUT2D eigenvalue weighted by Crippen LogP contribution is -2.59. The third-order valence-corrected chi connectivity index (χ3v) is 4.88. The van der Waals surface area contributed by atoms with Crippen molar-refractivity contribution in [3.63, 3.8) is 0 Å². The quantitative estimate of drug-likeness (QED) is 0.771. The highest BCUT2D eigenvalue weighted by atomic mass is 79.9. The largest absolute Gasteiger partial charge is 0.354 e. The van der Waals surface area contributed by atoms with Crippen molar-refractivity contribution < 1.29 is 9.59 Å². The Bertz CT molecular complexity index is 592. The van der Waals surface area contributed by atoms with Crippen molar-refractivity contribution in [3.05, 3.63) is 40.4 Å². The molecule has 1 aromatic carbocycles. The number of hydrogen-bond acceptors (Lipinski definition) is 2. The molecule has 1 saturated carbocycles. The van der Waals surface area contributed by atoms with Gasteiger partial charge in [0.15, 0.2) is 0 Å². The normalized spacial score (nSPS) is 17.0. The fourth-order valence-electron chi connectivity index (χ4n) is 2.95. The summed E-state index contributed by atoms with van der Waals surface area (Å²) in [6.45, 7) is 2.46. The molecule has 0 unspecified atom stereocenters. The molecule has 5 heteroatoms. The molecule has 0 heterocycles. The van der Waals surface area contributed by atoms with E-state index in [1.165, 1.54) is 6.08 Å². The van der Waals surface area contributed by atoms with Crippen LogP contribution in [0.15, 0.2) is 34.8 Å². The lowest BCUT2D eigenvalue weighted by Gasteiger charge is -2.36. The summed E-state index contributed by atoms with van der Waals surface area (Å²) in [5, 5.41) is 5.81. The molecule has 2 N–H and O–H groups in total. The Morgan fingerprint density at radius 1 is 1.22 bits per heavy atom. The SMILES string of the molecule is CCNC(=O)C1(NC(=O)/C=C/c2ccccc2Br)CCCCC1. The first-order valence-electron chi connectivity index (χ1n) is 8.10. The Balaban J connectivity index is 2.08. The minimum absolute atomic E-state index is 0.0673. The molecule has 1 aliphatic carbocycles. The standard InChI is InChI=1S/C18H23BrN2O2/c1-2-20-17(23)18(12-6-3-7-13-18)21-16(22)11-10-14-8-4-5-9-15(14)19/h4-5,8-11H,2-3,6-7,12-13H2,1H3,(H,20,23)(H,21,22)/b11-10+. The molecule has 2 rings (SSSR count). The molecule has 4 nitrogen and oxygen atoms in total. The van der Waals surface area contributed by atoms with Crippen LogP contribution in [0.2, 0.25) is 0 Å². The van der Waals surface area contributed by atoms with Gasteiger partial charge >= 0.3 is 0 Å². The number of likely N-dealkylation sites (N-methyl/N-ethyl adjacent to an activating group) is 1. The minimum atomic E-state index is -0.760. The van der Waals surface area contributed by atoms with Crippen molar-refractivity contribution in [2.45, 2.75) is 44.6 Å². The lowest BCUT2D eigenvalue weighted by molar-refractivity contribution is -0.133. The third kappa shape index (κ3) is 4.67. The molecule has 124 valence electrons. The molecular formula is C18H23BrN2O2. The topological polar surface area (TPSA) is 58.2 Å². The Hall–Kier alpha value is -1.62. The number of nitrogens with one attached hydrogen (secondary N) is 2. The molecule has 1 aromatic rings. The Kier molecular flexibility index (Phi) is 6.39. The molecule has 1 fully saturated rings. The average molecular weight is 379 g/mol. The maximum atomic E-state index is 12.4. The lowest BCUT2D eigenvalue weighted by atomic mass is 9.80. The predicted octanol–water partition coefficient (Wildman–Crippen LogP) is 3.42. The molecule has 0 atom stereocenters. The molecule has 0 aromatic heterocycles.